The van der Waals surface area contributed by atoms with Gasteiger partial charge in [0.05, 0.1) is 11.7 Å². The number of benzene rings is 4. The normalized spacial score (nSPS) is 15.6. The fraction of sp³-hybridized carbons (Fsp3) is 0.194. The number of aliphatic hydroxyl groups is 1. The van der Waals surface area contributed by atoms with E-state index in [1.807, 2.05) is 30.3 Å². The zero-order valence-corrected chi connectivity index (χ0v) is 21.0. The van der Waals surface area contributed by atoms with Crippen molar-refractivity contribution in [3.8, 4) is 22.6 Å². The van der Waals surface area contributed by atoms with Crippen molar-refractivity contribution in [2.45, 2.75) is 31.4 Å². The zero-order valence-electron chi connectivity index (χ0n) is 20.2. The summed E-state index contributed by atoms with van der Waals surface area (Å²) in [4.78, 5) is 11.1. The third-order valence-electron chi connectivity index (χ3n) is 6.77. The lowest BCUT2D eigenvalue weighted by molar-refractivity contribution is 0.0697. The number of carboxylic acid groups (broad SMARTS) is 1. The van der Waals surface area contributed by atoms with E-state index >= 15 is 0 Å². The first-order valence-electron chi connectivity index (χ1n) is 12.3. The number of nitrogens with one attached hydrogen (secondary N) is 1. The van der Waals surface area contributed by atoms with Crippen LogP contribution in [-0.4, -0.2) is 28.8 Å². The van der Waals surface area contributed by atoms with Gasteiger partial charge in [0.25, 0.3) is 0 Å². The van der Waals surface area contributed by atoms with E-state index in [1.165, 1.54) is 23.3 Å². The summed E-state index contributed by atoms with van der Waals surface area (Å²) in [6, 6.07) is 28.5. The molecular formula is C31H28ClNO4. The maximum absolute atomic E-state index is 11.1. The Balaban J connectivity index is 1.25. The Morgan fingerprint density at radius 1 is 0.919 bits per heavy atom. The number of hydrogen-bond donors (Lipinski definition) is 3. The highest BCUT2D eigenvalue weighted by Gasteiger charge is 2.20. The molecule has 2 atom stereocenters. The Hall–Kier alpha value is -3.64. The largest absolute Gasteiger partial charge is 0.478 e. The highest BCUT2D eigenvalue weighted by Crippen LogP contribution is 2.31. The van der Waals surface area contributed by atoms with E-state index in [4.69, 9.17) is 21.4 Å². The molecule has 0 radical (unpaired) electrons. The van der Waals surface area contributed by atoms with Gasteiger partial charge in [-0.3, -0.25) is 0 Å². The second-order valence-corrected chi connectivity index (χ2v) is 9.80. The average molecular weight is 514 g/mol. The van der Waals surface area contributed by atoms with Crippen LogP contribution in [0.2, 0.25) is 5.02 Å². The summed E-state index contributed by atoms with van der Waals surface area (Å²) < 4.78 is 5.97. The molecule has 1 aliphatic carbocycles. The summed E-state index contributed by atoms with van der Waals surface area (Å²) in [5.41, 5.74) is 5.89. The number of carbonyl (C=O) groups is 1. The zero-order chi connectivity index (χ0) is 25.8. The number of aromatic carboxylic acids is 1. The molecule has 1 aliphatic rings. The van der Waals surface area contributed by atoms with Crippen molar-refractivity contribution >= 4 is 17.6 Å². The van der Waals surface area contributed by atoms with Gasteiger partial charge < -0.3 is 20.3 Å². The van der Waals surface area contributed by atoms with E-state index < -0.39 is 12.1 Å². The number of aryl methyl sites for hydroxylation is 1. The lowest BCUT2D eigenvalue weighted by atomic mass is 9.86. The van der Waals surface area contributed by atoms with Gasteiger partial charge in [0.2, 0.25) is 0 Å². The van der Waals surface area contributed by atoms with Crippen molar-refractivity contribution in [1.82, 2.24) is 5.32 Å². The van der Waals surface area contributed by atoms with Crippen molar-refractivity contribution in [2.24, 2.45) is 0 Å². The number of aliphatic hydroxyl groups excluding tert-OH is 1. The minimum Gasteiger partial charge on any atom is -0.478 e. The Labute approximate surface area is 221 Å². The summed E-state index contributed by atoms with van der Waals surface area (Å²) in [5.74, 6) is 0.310. The van der Waals surface area contributed by atoms with Crippen molar-refractivity contribution < 1.29 is 19.7 Å². The first kappa shape index (κ1) is 25.0. The predicted molar refractivity (Wildman–Crippen MR) is 146 cm³/mol. The van der Waals surface area contributed by atoms with Gasteiger partial charge in [-0.1, -0.05) is 54.1 Å². The third kappa shape index (κ3) is 6.20. The molecule has 4 aromatic carbocycles. The number of rotatable bonds is 8. The molecule has 0 bridgehead atoms. The lowest BCUT2D eigenvalue weighted by Gasteiger charge is -2.27. The average Bonchev–Trinajstić information content (AvgIpc) is 2.91. The van der Waals surface area contributed by atoms with Crippen LogP contribution < -0.4 is 10.1 Å². The Morgan fingerprint density at radius 3 is 2.49 bits per heavy atom. The molecule has 3 N–H and O–H groups in total. The minimum atomic E-state index is -0.962. The van der Waals surface area contributed by atoms with Crippen LogP contribution in [-0.2, 0) is 12.8 Å². The fourth-order valence-corrected chi connectivity index (χ4v) is 4.96. The van der Waals surface area contributed by atoms with Gasteiger partial charge in [-0.2, -0.15) is 0 Å². The topological polar surface area (TPSA) is 78.8 Å². The summed E-state index contributed by atoms with van der Waals surface area (Å²) in [5, 5.41) is 23.8. The highest BCUT2D eigenvalue weighted by molar-refractivity contribution is 6.30. The van der Waals surface area contributed by atoms with E-state index in [0.29, 0.717) is 29.1 Å². The van der Waals surface area contributed by atoms with Crippen LogP contribution in [0.25, 0.3) is 11.1 Å². The maximum atomic E-state index is 11.1. The minimum absolute atomic E-state index is 0.224. The number of hydrogen-bond acceptors (Lipinski definition) is 4. The fourth-order valence-electron chi connectivity index (χ4n) is 4.76. The standard InChI is InChI=1S/C31H28ClNO4/c32-26-5-1-4-24(16-26)30(34)19-33-27-12-9-20-7-8-23(15-25(20)17-27)22-3-2-6-29(18-22)37-28-13-10-21(11-14-28)31(35)36/h1-8,10-11,13-16,18,27,30,33-34H,9,12,17,19H2,(H,35,36)/t27-,30+/m0/s1. The summed E-state index contributed by atoms with van der Waals surface area (Å²) in [6.45, 7) is 0.479. The van der Waals surface area contributed by atoms with E-state index in [1.54, 1.807) is 24.3 Å². The second-order valence-electron chi connectivity index (χ2n) is 9.36. The second kappa shape index (κ2) is 11.2. The molecule has 37 heavy (non-hydrogen) atoms. The molecule has 4 aromatic rings. The van der Waals surface area contributed by atoms with Crippen molar-refractivity contribution in [1.29, 1.82) is 0 Å². The van der Waals surface area contributed by atoms with E-state index in [9.17, 15) is 9.90 Å². The van der Waals surface area contributed by atoms with Gasteiger partial charge in [-0.05, 0) is 95.6 Å². The maximum Gasteiger partial charge on any atom is 0.335 e. The molecule has 5 nitrogen and oxygen atoms in total. The monoisotopic (exact) mass is 513 g/mol. The molecule has 0 heterocycles. The summed E-state index contributed by atoms with van der Waals surface area (Å²) >= 11 is 6.07. The molecule has 0 unspecified atom stereocenters. The molecular weight excluding hydrogens is 486 g/mol. The number of fused-ring (bicyclic) bond motifs is 1. The lowest BCUT2D eigenvalue weighted by Crippen LogP contribution is -2.37. The van der Waals surface area contributed by atoms with Crippen molar-refractivity contribution in [3.63, 3.8) is 0 Å². The smallest absolute Gasteiger partial charge is 0.335 e. The van der Waals surface area contributed by atoms with E-state index in [0.717, 1.165) is 36.0 Å². The molecule has 0 amide bonds. The predicted octanol–water partition coefficient (Wildman–Crippen LogP) is 6.68. The molecule has 0 aliphatic heterocycles. The van der Waals surface area contributed by atoms with Crippen LogP contribution in [0.4, 0.5) is 0 Å². The van der Waals surface area contributed by atoms with Crippen molar-refractivity contribution in [3.05, 3.63) is 118 Å². The van der Waals surface area contributed by atoms with Crippen LogP contribution in [0.1, 0.15) is 39.6 Å². The number of carboxylic acids is 1. The van der Waals surface area contributed by atoms with E-state index in [2.05, 4.69) is 29.6 Å². The first-order valence-corrected chi connectivity index (χ1v) is 12.7. The molecule has 0 spiro atoms. The van der Waals surface area contributed by atoms with Gasteiger partial charge in [0.1, 0.15) is 11.5 Å². The van der Waals surface area contributed by atoms with Gasteiger partial charge in [0.15, 0.2) is 0 Å². The van der Waals surface area contributed by atoms with Crippen LogP contribution in [0.3, 0.4) is 0 Å². The van der Waals surface area contributed by atoms with Crippen molar-refractivity contribution in [2.75, 3.05) is 6.54 Å². The quantitative estimate of drug-likeness (QED) is 0.245. The molecule has 0 saturated heterocycles. The summed E-state index contributed by atoms with van der Waals surface area (Å²) in [7, 11) is 0. The molecule has 5 rings (SSSR count). The van der Waals surface area contributed by atoms with Gasteiger partial charge in [-0.25, -0.2) is 4.79 Å². The molecule has 0 saturated carbocycles. The Kier molecular flexibility index (Phi) is 7.56. The molecule has 6 heteroatoms. The number of ether oxygens (including phenoxy) is 1. The highest BCUT2D eigenvalue weighted by atomic mass is 35.5. The number of halogens is 1. The summed E-state index contributed by atoms with van der Waals surface area (Å²) in [6.07, 6.45) is 2.32. The Morgan fingerprint density at radius 2 is 1.70 bits per heavy atom. The van der Waals surface area contributed by atoms with Gasteiger partial charge in [0, 0.05) is 17.6 Å². The molecule has 0 fully saturated rings. The van der Waals surface area contributed by atoms with Gasteiger partial charge in [-0.15, -0.1) is 0 Å². The Bertz CT molecular complexity index is 1400. The molecule has 188 valence electrons. The molecule has 0 aromatic heterocycles. The van der Waals surface area contributed by atoms with Gasteiger partial charge >= 0.3 is 5.97 Å². The third-order valence-corrected chi connectivity index (χ3v) is 7.01. The SMILES string of the molecule is O=C(O)c1ccc(Oc2cccc(-c3ccc4c(c3)C[C@@H](NC[C@@H](O)c3cccc(Cl)c3)CC4)c2)cc1. The first-order chi connectivity index (χ1) is 17.9. The van der Waals surface area contributed by atoms with Crippen LogP contribution in [0, 0.1) is 0 Å². The van der Waals surface area contributed by atoms with Crippen LogP contribution in [0.5, 0.6) is 11.5 Å². The van der Waals surface area contributed by atoms with Crippen LogP contribution in [0.15, 0.2) is 91.0 Å². The van der Waals surface area contributed by atoms with Crippen LogP contribution >= 0.6 is 11.6 Å². The van der Waals surface area contributed by atoms with E-state index in [-0.39, 0.29) is 5.56 Å².